The van der Waals surface area contributed by atoms with E-state index in [9.17, 15) is 14.7 Å². The minimum Gasteiger partial charge on any atom is -0.465 e. The molecule has 1 aromatic heterocycles. The molecule has 1 aliphatic heterocycles. The van der Waals surface area contributed by atoms with Gasteiger partial charge in [0.05, 0.1) is 25.3 Å². The van der Waals surface area contributed by atoms with Crippen molar-refractivity contribution in [2.45, 2.75) is 51.5 Å². The Balaban J connectivity index is 1.99. The van der Waals surface area contributed by atoms with Crippen LogP contribution >= 0.6 is 0 Å². The lowest BCUT2D eigenvalue weighted by atomic mass is 10.0. The van der Waals surface area contributed by atoms with Crippen molar-refractivity contribution in [3.05, 3.63) is 11.9 Å². The highest BCUT2D eigenvalue weighted by atomic mass is 16.4. The smallest absolute Gasteiger partial charge is 0.408 e. The third-order valence-electron chi connectivity index (χ3n) is 3.37. The first-order valence-electron chi connectivity index (χ1n) is 6.64. The van der Waals surface area contributed by atoms with E-state index in [1.165, 1.54) is 15.9 Å². The van der Waals surface area contributed by atoms with Crippen molar-refractivity contribution in [1.29, 1.82) is 0 Å². The summed E-state index contributed by atoms with van der Waals surface area (Å²) in [6.07, 6.45) is 0.513. The molecular formula is C12H20N6O3. The summed E-state index contributed by atoms with van der Waals surface area (Å²) in [6.45, 7) is 5.97. The van der Waals surface area contributed by atoms with E-state index in [1.54, 1.807) is 0 Å². The van der Waals surface area contributed by atoms with Crippen LogP contribution in [0.4, 0.5) is 4.79 Å². The van der Waals surface area contributed by atoms with Crippen LogP contribution in [0.25, 0.3) is 0 Å². The van der Waals surface area contributed by atoms with Crippen LogP contribution in [0, 0.1) is 0 Å². The third-order valence-corrected chi connectivity index (χ3v) is 3.37. The van der Waals surface area contributed by atoms with Crippen LogP contribution in [-0.4, -0.2) is 54.6 Å². The molecule has 0 spiro atoms. The zero-order valence-corrected chi connectivity index (χ0v) is 12.3. The molecule has 0 aromatic carbocycles. The fraction of sp³-hybridized carbons (Fsp3) is 0.667. The van der Waals surface area contributed by atoms with Gasteiger partial charge >= 0.3 is 6.09 Å². The number of hydrogen-bond donors (Lipinski definition) is 3. The average molecular weight is 296 g/mol. The number of aromatic nitrogens is 3. The summed E-state index contributed by atoms with van der Waals surface area (Å²) in [6, 6.07) is -0.722. The number of β-lactam (4-membered cyclic amide) rings is 1. The van der Waals surface area contributed by atoms with Crippen molar-refractivity contribution in [2.75, 3.05) is 0 Å². The zero-order valence-electron chi connectivity index (χ0n) is 12.3. The van der Waals surface area contributed by atoms with Crippen molar-refractivity contribution in [1.82, 2.24) is 25.2 Å². The summed E-state index contributed by atoms with van der Waals surface area (Å²) in [5.74, 6) is -0.183. The molecule has 2 heterocycles. The third kappa shape index (κ3) is 3.30. The standard InChI is InChI=1S/C12H20N6O3/c1-12(2,3)17(11(20)21)5-7-4-14-18(16-7)6-8-9(13)10(19)15-8/h4,8-9H,5-6,13H2,1-3H3,(H,15,19)(H,20,21)/t8-,9+/m1/s1. The van der Waals surface area contributed by atoms with Gasteiger partial charge in [-0.25, -0.2) is 4.79 Å². The van der Waals surface area contributed by atoms with Crippen LogP contribution in [0.5, 0.6) is 0 Å². The van der Waals surface area contributed by atoms with Crippen LogP contribution in [0.15, 0.2) is 6.20 Å². The highest BCUT2D eigenvalue weighted by molar-refractivity contribution is 5.88. The maximum atomic E-state index is 11.3. The molecule has 1 fully saturated rings. The molecule has 21 heavy (non-hydrogen) atoms. The highest BCUT2D eigenvalue weighted by Gasteiger charge is 2.36. The quantitative estimate of drug-likeness (QED) is 0.636. The number of nitrogens with one attached hydrogen (secondary N) is 1. The monoisotopic (exact) mass is 296 g/mol. The molecule has 2 atom stereocenters. The second kappa shape index (κ2) is 5.32. The van der Waals surface area contributed by atoms with Gasteiger partial charge in [-0.3, -0.25) is 9.69 Å². The minimum atomic E-state index is -1.01. The molecule has 2 rings (SSSR count). The van der Waals surface area contributed by atoms with E-state index in [1.807, 2.05) is 20.8 Å². The molecule has 2 amide bonds. The predicted molar refractivity (Wildman–Crippen MR) is 73.2 cm³/mol. The van der Waals surface area contributed by atoms with Crippen molar-refractivity contribution in [3.8, 4) is 0 Å². The fourth-order valence-corrected chi connectivity index (χ4v) is 2.04. The molecule has 9 heteroatoms. The van der Waals surface area contributed by atoms with Gasteiger partial charge in [0.1, 0.15) is 11.7 Å². The van der Waals surface area contributed by atoms with E-state index in [2.05, 4.69) is 15.5 Å². The molecule has 116 valence electrons. The number of nitrogens with zero attached hydrogens (tertiary/aromatic N) is 4. The second-order valence-corrected chi connectivity index (χ2v) is 6.07. The second-order valence-electron chi connectivity index (χ2n) is 6.07. The first-order valence-corrected chi connectivity index (χ1v) is 6.64. The van der Waals surface area contributed by atoms with Gasteiger partial charge in [-0.05, 0) is 20.8 Å². The number of carbonyl (C=O) groups is 2. The zero-order chi connectivity index (χ0) is 15.8. The average Bonchev–Trinajstić information content (AvgIpc) is 2.81. The van der Waals surface area contributed by atoms with Crippen molar-refractivity contribution in [3.63, 3.8) is 0 Å². The first kappa shape index (κ1) is 15.2. The van der Waals surface area contributed by atoms with E-state index >= 15 is 0 Å². The largest absolute Gasteiger partial charge is 0.465 e. The molecule has 0 bridgehead atoms. The Hall–Kier alpha value is -2.16. The molecule has 0 saturated carbocycles. The van der Waals surface area contributed by atoms with Crippen LogP contribution < -0.4 is 11.1 Å². The Kier molecular flexibility index (Phi) is 3.86. The number of rotatable bonds is 4. The van der Waals surface area contributed by atoms with Crippen LogP contribution in [-0.2, 0) is 17.9 Å². The normalized spacial score (nSPS) is 21.6. The van der Waals surface area contributed by atoms with E-state index < -0.39 is 17.7 Å². The van der Waals surface area contributed by atoms with E-state index in [0.29, 0.717) is 12.2 Å². The topological polar surface area (TPSA) is 126 Å². The Morgan fingerprint density at radius 1 is 1.57 bits per heavy atom. The van der Waals surface area contributed by atoms with Crippen molar-refractivity contribution < 1.29 is 14.7 Å². The fourth-order valence-electron chi connectivity index (χ4n) is 2.04. The van der Waals surface area contributed by atoms with Gasteiger partial charge in [0, 0.05) is 5.54 Å². The van der Waals surface area contributed by atoms with E-state index in [-0.39, 0.29) is 18.5 Å². The molecule has 1 aliphatic rings. The molecular weight excluding hydrogens is 276 g/mol. The summed E-state index contributed by atoms with van der Waals surface area (Å²) in [7, 11) is 0. The van der Waals surface area contributed by atoms with Crippen LogP contribution in [0.2, 0.25) is 0 Å². The minimum absolute atomic E-state index is 0.155. The lowest BCUT2D eigenvalue weighted by Crippen LogP contribution is -2.68. The molecule has 0 unspecified atom stereocenters. The Labute approximate surface area is 122 Å². The number of amides is 2. The maximum absolute atomic E-state index is 11.3. The summed E-state index contributed by atoms with van der Waals surface area (Å²) in [4.78, 5) is 25.0. The SMILES string of the molecule is CC(C)(C)N(Cc1cnn(C[C@H]2NC(=O)[C@H]2N)n1)C(=O)O. The van der Waals surface area contributed by atoms with E-state index in [4.69, 9.17) is 5.73 Å². The Bertz CT molecular complexity index is 549. The molecule has 1 saturated heterocycles. The first-order chi connectivity index (χ1) is 9.68. The van der Waals surface area contributed by atoms with Gasteiger partial charge in [-0.2, -0.15) is 15.0 Å². The number of nitrogens with two attached hydrogens (primary N) is 1. The van der Waals surface area contributed by atoms with Crippen molar-refractivity contribution in [2.24, 2.45) is 5.73 Å². The number of carboxylic acid groups (broad SMARTS) is 1. The molecule has 9 nitrogen and oxygen atoms in total. The Morgan fingerprint density at radius 2 is 2.24 bits per heavy atom. The molecule has 4 N–H and O–H groups in total. The molecule has 1 aromatic rings. The van der Waals surface area contributed by atoms with E-state index in [0.717, 1.165) is 0 Å². The summed E-state index contributed by atoms with van der Waals surface area (Å²) in [5, 5.41) is 20.2. The number of carbonyl (C=O) groups excluding carboxylic acids is 1. The van der Waals surface area contributed by atoms with Crippen molar-refractivity contribution >= 4 is 12.0 Å². The summed E-state index contributed by atoms with van der Waals surface area (Å²) < 4.78 is 0. The molecule has 0 aliphatic carbocycles. The van der Waals surface area contributed by atoms with Gasteiger partial charge in [-0.1, -0.05) is 0 Å². The lowest BCUT2D eigenvalue weighted by molar-refractivity contribution is -0.130. The predicted octanol–water partition coefficient (Wildman–Crippen LogP) is -0.618. The highest BCUT2D eigenvalue weighted by Crippen LogP contribution is 2.16. The van der Waals surface area contributed by atoms with Gasteiger partial charge in [-0.15, -0.1) is 0 Å². The summed E-state index contributed by atoms with van der Waals surface area (Å²) >= 11 is 0. The van der Waals surface area contributed by atoms with Gasteiger partial charge < -0.3 is 16.2 Å². The Morgan fingerprint density at radius 3 is 2.71 bits per heavy atom. The number of hydrogen-bond acceptors (Lipinski definition) is 5. The van der Waals surface area contributed by atoms with Gasteiger partial charge in [0.2, 0.25) is 5.91 Å². The lowest BCUT2D eigenvalue weighted by Gasteiger charge is -2.33. The molecule has 0 radical (unpaired) electrons. The van der Waals surface area contributed by atoms with Gasteiger partial charge in [0.15, 0.2) is 0 Å². The van der Waals surface area contributed by atoms with Crippen LogP contribution in [0.1, 0.15) is 26.5 Å². The van der Waals surface area contributed by atoms with Gasteiger partial charge in [0.25, 0.3) is 0 Å². The summed E-state index contributed by atoms with van der Waals surface area (Å²) in [5.41, 5.74) is 5.65. The maximum Gasteiger partial charge on any atom is 0.408 e. The van der Waals surface area contributed by atoms with Crippen LogP contribution in [0.3, 0.4) is 0 Å².